The largest absolute Gasteiger partial charge is 0.341 e. The van der Waals surface area contributed by atoms with E-state index in [4.69, 9.17) is 0 Å². The highest BCUT2D eigenvalue weighted by atomic mass is 32.2. The molecule has 2 aromatic rings. The van der Waals surface area contributed by atoms with E-state index in [9.17, 15) is 18.0 Å². The summed E-state index contributed by atoms with van der Waals surface area (Å²) in [6.45, 7) is 5.73. The van der Waals surface area contributed by atoms with Gasteiger partial charge in [-0.3, -0.25) is 9.59 Å². The second-order valence-corrected chi connectivity index (χ2v) is 15.0. The minimum Gasteiger partial charge on any atom is -0.341 e. The molecule has 2 atom stereocenters. The first-order chi connectivity index (χ1) is 19.7. The van der Waals surface area contributed by atoms with E-state index in [1.54, 1.807) is 12.1 Å². The number of hydrogen-bond donors (Lipinski definition) is 0. The molecular weight excluding hydrogens is 534 g/mol. The molecule has 2 aromatic carbocycles. The SMILES string of the molecule is CS(=O)(=O)c1ccc(CN2CCC3(CCN(C[C@H]4CN(C(=O)C5CCCC5)C[C@@H]4c4ccccc4)CC3)C2=O)cc1. The van der Waals surface area contributed by atoms with Crippen LogP contribution in [0.4, 0.5) is 0 Å². The van der Waals surface area contributed by atoms with Crippen molar-refractivity contribution in [2.75, 3.05) is 45.5 Å². The van der Waals surface area contributed by atoms with E-state index < -0.39 is 9.84 Å². The summed E-state index contributed by atoms with van der Waals surface area (Å²) in [6.07, 6.45) is 8.30. The zero-order valence-electron chi connectivity index (χ0n) is 24.2. The third kappa shape index (κ3) is 5.96. The van der Waals surface area contributed by atoms with E-state index in [0.717, 1.165) is 76.9 Å². The molecule has 3 saturated heterocycles. The normalized spacial score (nSPS) is 25.4. The van der Waals surface area contributed by atoms with Gasteiger partial charge >= 0.3 is 0 Å². The fourth-order valence-electron chi connectivity index (χ4n) is 7.81. The molecule has 1 spiro atoms. The molecule has 2 amide bonds. The third-order valence-corrected chi connectivity index (χ3v) is 11.4. The lowest BCUT2D eigenvalue weighted by Crippen LogP contribution is -2.46. The predicted octanol–water partition coefficient (Wildman–Crippen LogP) is 4.34. The summed E-state index contributed by atoms with van der Waals surface area (Å²) in [5.41, 5.74) is 2.02. The van der Waals surface area contributed by atoms with Gasteiger partial charge in [0.25, 0.3) is 0 Å². The van der Waals surface area contributed by atoms with Crippen molar-refractivity contribution in [1.82, 2.24) is 14.7 Å². The first kappa shape index (κ1) is 28.4. The molecule has 0 unspecified atom stereocenters. The summed E-state index contributed by atoms with van der Waals surface area (Å²) in [4.78, 5) is 33.9. The molecule has 1 saturated carbocycles. The van der Waals surface area contributed by atoms with Crippen molar-refractivity contribution in [2.45, 2.75) is 62.3 Å². The third-order valence-electron chi connectivity index (χ3n) is 10.3. The molecule has 4 aliphatic rings. The van der Waals surface area contributed by atoms with E-state index in [0.29, 0.717) is 29.2 Å². The standard InChI is InChI=1S/C33H43N3O4S/c1-41(39,40)29-13-11-25(12-14-29)21-35-20-17-33(32(35)38)15-18-34(19-16-33)22-28-23-36(31(37)27-9-5-6-10-27)24-30(28)26-7-3-2-4-8-26/h2-4,7-8,11-14,27-28,30H,5-6,9-10,15-24H2,1H3/t28-,30+/m0/s1. The van der Waals surface area contributed by atoms with Crippen molar-refractivity contribution in [3.05, 3.63) is 65.7 Å². The fourth-order valence-corrected chi connectivity index (χ4v) is 8.44. The number of piperidine rings is 1. The van der Waals surface area contributed by atoms with Crippen LogP contribution >= 0.6 is 0 Å². The zero-order chi connectivity index (χ0) is 28.6. The van der Waals surface area contributed by atoms with Crippen LogP contribution in [-0.4, -0.2) is 80.5 Å². The van der Waals surface area contributed by atoms with Gasteiger partial charge in [0.2, 0.25) is 11.8 Å². The molecule has 0 aromatic heterocycles. The van der Waals surface area contributed by atoms with Gasteiger partial charge in [-0.15, -0.1) is 0 Å². The molecule has 41 heavy (non-hydrogen) atoms. The maximum Gasteiger partial charge on any atom is 0.229 e. The summed E-state index contributed by atoms with van der Waals surface area (Å²) >= 11 is 0. The molecule has 0 N–H and O–H groups in total. The lowest BCUT2D eigenvalue weighted by molar-refractivity contribution is -0.139. The van der Waals surface area contributed by atoms with Crippen LogP contribution in [0.25, 0.3) is 0 Å². The van der Waals surface area contributed by atoms with Crippen LogP contribution in [0.3, 0.4) is 0 Å². The van der Waals surface area contributed by atoms with Crippen LogP contribution in [0.15, 0.2) is 59.5 Å². The molecule has 7 nitrogen and oxygen atoms in total. The van der Waals surface area contributed by atoms with Gasteiger partial charge in [0.1, 0.15) is 0 Å². The lowest BCUT2D eigenvalue weighted by Gasteiger charge is -2.39. The highest BCUT2D eigenvalue weighted by Crippen LogP contribution is 2.43. The van der Waals surface area contributed by atoms with Gasteiger partial charge < -0.3 is 14.7 Å². The average Bonchev–Trinajstić information content (AvgIpc) is 3.72. The van der Waals surface area contributed by atoms with Crippen molar-refractivity contribution in [3.63, 3.8) is 0 Å². The molecule has 220 valence electrons. The Balaban J connectivity index is 1.07. The van der Waals surface area contributed by atoms with Gasteiger partial charge in [0.15, 0.2) is 9.84 Å². The highest BCUT2D eigenvalue weighted by Gasteiger charge is 2.48. The Morgan fingerprint density at radius 3 is 2.22 bits per heavy atom. The fraction of sp³-hybridized carbons (Fsp3) is 0.576. The van der Waals surface area contributed by atoms with Crippen LogP contribution in [0.2, 0.25) is 0 Å². The van der Waals surface area contributed by atoms with Crippen LogP contribution in [-0.2, 0) is 26.0 Å². The molecule has 0 bridgehead atoms. The highest BCUT2D eigenvalue weighted by molar-refractivity contribution is 7.90. The number of nitrogens with zero attached hydrogens (tertiary/aromatic N) is 3. The summed E-state index contributed by atoms with van der Waals surface area (Å²) in [5, 5.41) is 0. The maximum absolute atomic E-state index is 13.6. The van der Waals surface area contributed by atoms with Gasteiger partial charge in [-0.05, 0) is 74.4 Å². The van der Waals surface area contributed by atoms with E-state index in [1.807, 2.05) is 17.0 Å². The van der Waals surface area contributed by atoms with E-state index in [1.165, 1.54) is 24.7 Å². The monoisotopic (exact) mass is 577 g/mol. The molecule has 8 heteroatoms. The Bertz CT molecular complexity index is 1350. The average molecular weight is 578 g/mol. The first-order valence-electron chi connectivity index (χ1n) is 15.4. The number of carbonyl (C=O) groups excluding carboxylic acids is 2. The van der Waals surface area contributed by atoms with Crippen molar-refractivity contribution in [1.29, 1.82) is 0 Å². The molecule has 0 radical (unpaired) electrons. The van der Waals surface area contributed by atoms with Crippen LogP contribution in [0, 0.1) is 17.3 Å². The van der Waals surface area contributed by atoms with Crippen molar-refractivity contribution in [3.8, 4) is 0 Å². The predicted molar refractivity (Wildman–Crippen MR) is 159 cm³/mol. The number of hydrogen-bond acceptors (Lipinski definition) is 5. The Labute approximate surface area is 244 Å². The van der Waals surface area contributed by atoms with E-state index >= 15 is 0 Å². The Hall–Kier alpha value is -2.71. The van der Waals surface area contributed by atoms with E-state index in [2.05, 4.69) is 40.1 Å². The van der Waals surface area contributed by atoms with Gasteiger partial charge in [-0.1, -0.05) is 55.3 Å². The topological polar surface area (TPSA) is 78.0 Å². The number of carbonyl (C=O) groups is 2. The molecule has 3 heterocycles. The first-order valence-corrected chi connectivity index (χ1v) is 17.3. The summed E-state index contributed by atoms with van der Waals surface area (Å²) < 4.78 is 23.6. The van der Waals surface area contributed by atoms with Crippen molar-refractivity contribution >= 4 is 21.7 Å². The number of sulfone groups is 1. The Morgan fingerprint density at radius 1 is 0.902 bits per heavy atom. The van der Waals surface area contributed by atoms with Crippen LogP contribution in [0.5, 0.6) is 0 Å². The smallest absolute Gasteiger partial charge is 0.229 e. The summed E-state index contributed by atoms with van der Waals surface area (Å²) in [7, 11) is -3.23. The maximum atomic E-state index is 13.6. The quantitative estimate of drug-likeness (QED) is 0.490. The van der Waals surface area contributed by atoms with Crippen molar-refractivity contribution < 1.29 is 18.0 Å². The zero-order valence-corrected chi connectivity index (χ0v) is 25.0. The molecule has 6 rings (SSSR count). The minimum atomic E-state index is -3.23. The van der Waals surface area contributed by atoms with Crippen molar-refractivity contribution in [2.24, 2.45) is 17.3 Å². The minimum absolute atomic E-state index is 0.217. The second-order valence-electron chi connectivity index (χ2n) is 13.0. The lowest BCUT2D eigenvalue weighted by atomic mass is 9.76. The van der Waals surface area contributed by atoms with Crippen LogP contribution in [0.1, 0.15) is 62.0 Å². The van der Waals surface area contributed by atoms with Gasteiger partial charge in [0.05, 0.1) is 10.3 Å². The molecule has 3 aliphatic heterocycles. The van der Waals surface area contributed by atoms with E-state index in [-0.39, 0.29) is 17.2 Å². The second kappa shape index (κ2) is 11.5. The molecular formula is C33H43N3O4S. The molecule has 4 fully saturated rings. The number of amides is 2. The summed E-state index contributed by atoms with van der Waals surface area (Å²) in [6, 6.07) is 17.6. The number of rotatable bonds is 7. The van der Waals surface area contributed by atoms with Gasteiger partial charge in [-0.25, -0.2) is 8.42 Å². The number of likely N-dealkylation sites (tertiary alicyclic amines) is 3. The Morgan fingerprint density at radius 2 is 1.56 bits per heavy atom. The van der Waals surface area contributed by atoms with Gasteiger partial charge in [-0.2, -0.15) is 0 Å². The molecule has 1 aliphatic carbocycles. The Kier molecular flexibility index (Phi) is 7.98. The van der Waals surface area contributed by atoms with Gasteiger partial charge in [0, 0.05) is 50.8 Å². The number of benzene rings is 2. The summed E-state index contributed by atoms with van der Waals surface area (Å²) in [5.74, 6) is 1.60. The van der Waals surface area contributed by atoms with Crippen LogP contribution < -0.4 is 0 Å².